The molecular formula is C23H24N2O3S. The van der Waals surface area contributed by atoms with E-state index in [1.54, 1.807) is 61.5 Å². The van der Waals surface area contributed by atoms with Crippen molar-refractivity contribution in [3.63, 3.8) is 0 Å². The first kappa shape index (κ1) is 20.6. The maximum Gasteiger partial charge on any atom is 0.264 e. The van der Waals surface area contributed by atoms with Crippen LogP contribution in [0, 0.1) is 13.8 Å². The van der Waals surface area contributed by atoms with E-state index in [1.165, 1.54) is 4.31 Å². The Morgan fingerprint density at radius 3 is 2.03 bits per heavy atom. The van der Waals surface area contributed by atoms with E-state index in [4.69, 9.17) is 0 Å². The van der Waals surface area contributed by atoms with Crippen LogP contribution in [0.4, 0.5) is 11.4 Å². The SMILES string of the molecule is CCN(c1ccc(C(=O)Nc2cc(C)cc(C)c2)cc1)S(=O)(=O)c1ccccc1. The summed E-state index contributed by atoms with van der Waals surface area (Å²) in [6, 6.07) is 20.7. The van der Waals surface area contributed by atoms with Gasteiger partial charge in [-0.2, -0.15) is 0 Å². The highest BCUT2D eigenvalue weighted by Crippen LogP contribution is 2.24. The highest BCUT2D eigenvalue weighted by Gasteiger charge is 2.23. The lowest BCUT2D eigenvalue weighted by Crippen LogP contribution is -2.30. The summed E-state index contributed by atoms with van der Waals surface area (Å²) >= 11 is 0. The minimum absolute atomic E-state index is 0.235. The molecule has 3 aromatic rings. The number of sulfonamides is 1. The number of hydrogen-bond acceptors (Lipinski definition) is 3. The van der Waals surface area contributed by atoms with Gasteiger partial charge in [-0.05, 0) is 80.4 Å². The molecule has 0 bridgehead atoms. The molecule has 0 aliphatic heterocycles. The molecule has 0 saturated carbocycles. The zero-order valence-electron chi connectivity index (χ0n) is 16.7. The maximum absolute atomic E-state index is 12.9. The van der Waals surface area contributed by atoms with E-state index < -0.39 is 10.0 Å². The summed E-state index contributed by atoms with van der Waals surface area (Å²) in [6.07, 6.45) is 0. The van der Waals surface area contributed by atoms with Gasteiger partial charge in [0.25, 0.3) is 15.9 Å². The second kappa shape index (κ2) is 8.49. The van der Waals surface area contributed by atoms with E-state index in [-0.39, 0.29) is 17.3 Å². The Morgan fingerprint density at radius 2 is 1.48 bits per heavy atom. The quantitative estimate of drug-likeness (QED) is 0.639. The molecule has 3 rings (SSSR count). The Hall–Kier alpha value is -3.12. The van der Waals surface area contributed by atoms with E-state index >= 15 is 0 Å². The fraction of sp³-hybridized carbons (Fsp3) is 0.174. The molecular weight excluding hydrogens is 384 g/mol. The first-order valence-corrected chi connectivity index (χ1v) is 10.8. The number of hydrogen-bond donors (Lipinski definition) is 1. The Kier molecular flexibility index (Phi) is 6.03. The lowest BCUT2D eigenvalue weighted by Gasteiger charge is -2.23. The maximum atomic E-state index is 12.9. The number of aryl methyl sites for hydroxylation is 2. The molecule has 0 aliphatic carbocycles. The van der Waals surface area contributed by atoms with Crippen LogP contribution in [-0.2, 0) is 10.0 Å². The summed E-state index contributed by atoms with van der Waals surface area (Å²) in [7, 11) is -3.66. The van der Waals surface area contributed by atoms with Crippen molar-refractivity contribution >= 4 is 27.3 Å². The molecule has 0 spiro atoms. The highest BCUT2D eigenvalue weighted by atomic mass is 32.2. The van der Waals surface area contributed by atoms with Gasteiger partial charge in [0.05, 0.1) is 10.6 Å². The van der Waals surface area contributed by atoms with Gasteiger partial charge in [-0.1, -0.05) is 24.3 Å². The molecule has 150 valence electrons. The number of nitrogens with zero attached hydrogens (tertiary/aromatic N) is 1. The van der Waals surface area contributed by atoms with Crippen LogP contribution in [0.5, 0.6) is 0 Å². The summed E-state index contributed by atoms with van der Waals surface area (Å²) in [6.45, 7) is 6.01. The minimum atomic E-state index is -3.66. The molecule has 0 radical (unpaired) electrons. The summed E-state index contributed by atoms with van der Waals surface area (Å²) in [5.41, 5.74) is 3.85. The number of rotatable bonds is 6. The summed E-state index contributed by atoms with van der Waals surface area (Å²) in [5.74, 6) is -0.240. The smallest absolute Gasteiger partial charge is 0.264 e. The molecule has 0 unspecified atom stereocenters. The number of benzene rings is 3. The predicted molar refractivity (Wildman–Crippen MR) is 117 cm³/mol. The average Bonchev–Trinajstić information content (AvgIpc) is 2.68. The predicted octanol–water partition coefficient (Wildman–Crippen LogP) is 4.77. The van der Waals surface area contributed by atoms with E-state index in [0.717, 1.165) is 16.8 Å². The Balaban J connectivity index is 1.82. The van der Waals surface area contributed by atoms with Crippen molar-refractivity contribution in [2.75, 3.05) is 16.2 Å². The standard InChI is InChI=1S/C23H24N2O3S/c1-4-25(29(27,28)22-8-6-5-7-9-22)21-12-10-19(11-13-21)23(26)24-20-15-17(2)14-18(3)16-20/h5-16H,4H2,1-3H3,(H,24,26). The van der Waals surface area contributed by atoms with Crippen molar-refractivity contribution in [3.05, 3.63) is 89.5 Å². The van der Waals surface area contributed by atoms with Crippen LogP contribution < -0.4 is 9.62 Å². The fourth-order valence-electron chi connectivity index (χ4n) is 3.24. The number of nitrogens with one attached hydrogen (secondary N) is 1. The Bertz CT molecular complexity index is 1090. The van der Waals surface area contributed by atoms with Gasteiger partial charge in [-0.25, -0.2) is 8.42 Å². The van der Waals surface area contributed by atoms with Crippen LogP contribution in [0.25, 0.3) is 0 Å². The summed E-state index contributed by atoms with van der Waals surface area (Å²) in [5, 5.41) is 2.89. The summed E-state index contributed by atoms with van der Waals surface area (Å²) in [4.78, 5) is 12.8. The number of amides is 1. The third-order valence-electron chi connectivity index (χ3n) is 4.52. The van der Waals surface area contributed by atoms with Gasteiger partial charge in [-0.15, -0.1) is 0 Å². The van der Waals surface area contributed by atoms with E-state index in [9.17, 15) is 13.2 Å². The van der Waals surface area contributed by atoms with Gasteiger partial charge in [0.1, 0.15) is 0 Å². The van der Waals surface area contributed by atoms with Crippen LogP contribution in [0.2, 0.25) is 0 Å². The molecule has 0 saturated heterocycles. The van der Waals surface area contributed by atoms with Gasteiger partial charge >= 0.3 is 0 Å². The molecule has 1 N–H and O–H groups in total. The third-order valence-corrected chi connectivity index (χ3v) is 6.43. The van der Waals surface area contributed by atoms with E-state index in [2.05, 4.69) is 5.32 Å². The molecule has 5 nitrogen and oxygen atoms in total. The third kappa shape index (κ3) is 4.66. The molecule has 3 aromatic carbocycles. The number of carbonyl (C=O) groups is 1. The van der Waals surface area contributed by atoms with Crippen LogP contribution in [0.15, 0.2) is 77.7 Å². The van der Waals surface area contributed by atoms with Gasteiger partial charge in [-0.3, -0.25) is 9.10 Å². The zero-order valence-corrected chi connectivity index (χ0v) is 17.5. The second-order valence-corrected chi connectivity index (χ2v) is 8.72. The molecule has 0 fully saturated rings. The van der Waals surface area contributed by atoms with Crippen molar-refractivity contribution in [1.82, 2.24) is 0 Å². The fourth-order valence-corrected chi connectivity index (χ4v) is 4.73. The first-order chi connectivity index (χ1) is 13.8. The zero-order chi connectivity index (χ0) is 21.0. The van der Waals surface area contributed by atoms with Crippen molar-refractivity contribution < 1.29 is 13.2 Å². The van der Waals surface area contributed by atoms with Crippen molar-refractivity contribution in [2.45, 2.75) is 25.7 Å². The second-order valence-electron chi connectivity index (χ2n) is 6.86. The van der Waals surface area contributed by atoms with Crippen LogP contribution in [-0.4, -0.2) is 20.9 Å². The molecule has 0 atom stereocenters. The van der Waals surface area contributed by atoms with E-state index in [1.807, 2.05) is 32.0 Å². The van der Waals surface area contributed by atoms with Crippen molar-refractivity contribution in [2.24, 2.45) is 0 Å². The normalized spacial score (nSPS) is 11.1. The largest absolute Gasteiger partial charge is 0.322 e. The van der Waals surface area contributed by atoms with Crippen molar-refractivity contribution in [3.8, 4) is 0 Å². The Morgan fingerprint density at radius 1 is 0.897 bits per heavy atom. The average molecular weight is 409 g/mol. The molecule has 29 heavy (non-hydrogen) atoms. The van der Waals surface area contributed by atoms with Crippen LogP contribution in [0.1, 0.15) is 28.4 Å². The van der Waals surface area contributed by atoms with Crippen molar-refractivity contribution in [1.29, 1.82) is 0 Å². The van der Waals surface area contributed by atoms with Gasteiger partial charge in [0, 0.05) is 17.8 Å². The monoisotopic (exact) mass is 408 g/mol. The topological polar surface area (TPSA) is 66.5 Å². The van der Waals surface area contributed by atoms with Gasteiger partial charge in [0.2, 0.25) is 0 Å². The first-order valence-electron chi connectivity index (χ1n) is 9.39. The van der Waals surface area contributed by atoms with E-state index in [0.29, 0.717) is 11.3 Å². The number of carbonyl (C=O) groups excluding carboxylic acids is 1. The summed E-state index contributed by atoms with van der Waals surface area (Å²) < 4.78 is 27.2. The molecule has 1 amide bonds. The Labute approximate surface area is 172 Å². The lowest BCUT2D eigenvalue weighted by molar-refractivity contribution is 0.102. The lowest BCUT2D eigenvalue weighted by atomic mass is 10.1. The minimum Gasteiger partial charge on any atom is -0.322 e. The molecule has 0 heterocycles. The molecule has 0 aromatic heterocycles. The highest BCUT2D eigenvalue weighted by molar-refractivity contribution is 7.92. The molecule has 6 heteroatoms. The van der Waals surface area contributed by atoms with Crippen LogP contribution >= 0.6 is 0 Å². The molecule has 0 aliphatic rings. The van der Waals surface area contributed by atoms with Gasteiger partial charge in [0.15, 0.2) is 0 Å². The van der Waals surface area contributed by atoms with Crippen LogP contribution in [0.3, 0.4) is 0 Å². The van der Waals surface area contributed by atoms with Gasteiger partial charge < -0.3 is 5.32 Å². The number of anilines is 2.